The molecule has 0 bridgehead atoms. The number of hydrogen-bond donors (Lipinski definition) is 0. The molecule has 5 rings (SSSR count). The molecule has 232 valence electrons. The van der Waals surface area contributed by atoms with Crippen molar-refractivity contribution in [2.45, 2.75) is 27.7 Å². The third-order valence-electron chi connectivity index (χ3n) is 7.42. The fourth-order valence-electron chi connectivity index (χ4n) is 5.37. The number of pyridine rings is 1. The molecule has 5 aromatic rings. The molecule has 0 radical (unpaired) electrons. The topological polar surface area (TPSA) is 53.1 Å². The van der Waals surface area contributed by atoms with Gasteiger partial charge in [-0.05, 0) is 98.5 Å². The number of ether oxygens (including phenoxy) is 4. The van der Waals surface area contributed by atoms with Crippen molar-refractivity contribution in [3.63, 3.8) is 0 Å². The quantitative estimate of drug-likeness (QED) is 0.134. The van der Waals surface area contributed by atoms with E-state index in [4.69, 9.17) is 23.9 Å². The molecule has 1 aromatic heterocycles. The van der Waals surface area contributed by atoms with Gasteiger partial charge in [0.1, 0.15) is 23.0 Å². The summed E-state index contributed by atoms with van der Waals surface area (Å²) in [6.45, 7) is 10.1. The van der Waals surface area contributed by atoms with Gasteiger partial charge in [-0.1, -0.05) is 36.4 Å². The molecule has 0 aliphatic heterocycles. The normalized spacial score (nSPS) is 10.8. The first-order chi connectivity index (χ1) is 21.9. The molecule has 0 fully saturated rings. The zero-order valence-electron chi connectivity index (χ0n) is 27.1. The van der Waals surface area contributed by atoms with Crippen LogP contribution in [0.25, 0.3) is 44.8 Å². The molecule has 0 amide bonds. The molecule has 0 saturated heterocycles. The second-order valence-corrected chi connectivity index (χ2v) is 10.7. The highest BCUT2D eigenvalue weighted by Gasteiger charge is 2.19. The Morgan fingerprint density at radius 1 is 0.489 bits per heavy atom. The van der Waals surface area contributed by atoms with Crippen LogP contribution in [-0.2, 0) is 0 Å². The molecule has 0 spiro atoms. The van der Waals surface area contributed by atoms with Crippen LogP contribution < -0.4 is 23.8 Å². The minimum Gasteiger partial charge on any atom is -0.494 e. The highest BCUT2D eigenvalue weighted by atomic mass is 16.5. The Hall–Kier alpha value is -4.97. The van der Waals surface area contributed by atoms with E-state index >= 15 is 0 Å². The molecule has 0 atom stereocenters. The van der Waals surface area contributed by atoms with Crippen LogP contribution in [0.3, 0.4) is 0 Å². The Kier molecular flexibility index (Phi) is 10.3. The average molecular weight is 603 g/mol. The standard InChI is InChI=1S/C39H42N2O4/c1-7-42-30-17-20-33(38(25-30)44-9-3)36-22-28(23-37(40-36)34-21-18-31(43-8-2)26-39(34)45-10-4)35-24-29(41(5)6)16-19-32(35)27-14-12-11-13-15-27/h11-26H,7-10H2,1-6H3. The van der Waals surface area contributed by atoms with Crippen molar-refractivity contribution < 1.29 is 18.9 Å². The number of rotatable bonds is 13. The van der Waals surface area contributed by atoms with E-state index in [1.165, 1.54) is 0 Å². The van der Waals surface area contributed by atoms with Gasteiger partial charge in [0.05, 0.1) is 37.8 Å². The fraction of sp³-hybridized carbons (Fsp3) is 0.256. The molecule has 0 unspecified atom stereocenters. The maximum absolute atomic E-state index is 6.15. The van der Waals surface area contributed by atoms with E-state index < -0.39 is 0 Å². The summed E-state index contributed by atoms with van der Waals surface area (Å²) in [5, 5.41) is 0. The van der Waals surface area contributed by atoms with Gasteiger partial charge >= 0.3 is 0 Å². The van der Waals surface area contributed by atoms with Crippen LogP contribution in [0.1, 0.15) is 27.7 Å². The molecule has 45 heavy (non-hydrogen) atoms. The van der Waals surface area contributed by atoms with E-state index in [-0.39, 0.29) is 0 Å². The van der Waals surface area contributed by atoms with E-state index in [0.29, 0.717) is 26.4 Å². The molecule has 4 aromatic carbocycles. The van der Waals surface area contributed by atoms with Gasteiger partial charge in [0, 0.05) is 43.0 Å². The highest BCUT2D eigenvalue weighted by Crippen LogP contribution is 2.42. The first kappa shape index (κ1) is 31.5. The Balaban J connectivity index is 1.80. The summed E-state index contributed by atoms with van der Waals surface area (Å²) in [5.74, 6) is 2.97. The lowest BCUT2D eigenvalue weighted by Crippen LogP contribution is -2.08. The highest BCUT2D eigenvalue weighted by molar-refractivity contribution is 5.89. The molecule has 0 aliphatic rings. The van der Waals surface area contributed by atoms with Gasteiger partial charge in [-0.2, -0.15) is 0 Å². The minimum absolute atomic E-state index is 0.519. The SMILES string of the molecule is CCOc1ccc(-c2cc(-c3cc(N(C)C)ccc3-c3ccccc3)cc(-c3ccc(OCC)cc3OCC)n2)c(OCC)c1. The predicted molar refractivity (Wildman–Crippen MR) is 185 cm³/mol. The van der Waals surface area contributed by atoms with Crippen molar-refractivity contribution in [1.29, 1.82) is 0 Å². The van der Waals surface area contributed by atoms with Crippen molar-refractivity contribution in [2.75, 3.05) is 45.4 Å². The lowest BCUT2D eigenvalue weighted by atomic mass is 9.92. The lowest BCUT2D eigenvalue weighted by molar-refractivity contribution is 0.323. The molecule has 0 N–H and O–H groups in total. The third kappa shape index (κ3) is 7.23. The van der Waals surface area contributed by atoms with Gasteiger partial charge in [0.15, 0.2) is 0 Å². The Morgan fingerprint density at radius 2 is 1.00 bits per heavy atom. The monoisotopic (exact) mass is 602 g/mol. The van der Waals surface area contributed by atoms with Gasteiger partial charge in [0.25, 0.3) is 0 Å². The van der Waals surface area contributed by atoms with Crippen molar-refractivity contribution in [3.05, 3.63) is 97.1 Å². The zero-order chi connectivity index (χ0) is 31.8. The molecule has 6 heteroatoms. The van der Waals surface area contributed by atoms with Crippen LogP contribution in [0.4, 0.5) is 5.69 Å². The van der Waals surface area contributed by atoms with Crippen LogP contribution in [-0.4, -0.2) is 45.5 Å². The van der Waals surface area contributed by atoms with Gasteiger partial charge < -0.3 is 23.8 Å². The van der Waals surface area contributed by atoms with Crippen LogP contribution >= 0.6 is 0 Å². The molecule has 6 nitrogen and oxygen atoms in total. The molecular weight excluding hydrogens is 560 g/mol. The maximum Gasteiger partial charge on any atom is 0.132 e. The molecule has 1 heterocycles. The second-order valence-electron chi connectivity index (χ2n) is 10.7. The zero-order valence-corrected chi connectivity index (χ0v) is 27.1. The third-order valence-corrected chi connectivity index (χ3v) is 7.42. The van der Waals surface area contributed by atoms with Gasteiger partial charge in [-0.3, -0.25) is 0 Å². The van der Waals surface area contributed by atoms with E-state index in [0.717, 1.165) is 73.5 Å². The smallest absolute Gasteiger partial charge is 0.132 e. The van der Waals surface area contributed by atoms with Crippen molar-refractivity contribution in [2.24, 2.45) is 0 Å². The first-order valence-corrected chi connectivity index (χ1v) is 15.6. The van der Waals surface area contributed by atoms with Crippen LogP contribution in [0.2, 0.25) is 0 Å². The summed E-state index contributed by atoms with van der Waals surface area (Å²) in [6.07, 6.45) is 0. The van der Waals surface area contributed by atoms with E-state index in [1.807, 2.05) is 70.2 Å². The largest absolute Gasteiger partial charge is 0.494 e. The van der Waals surface area contributed by atoms with Crippen LogP contribution in [0.5, 0.6) is 23.0 Å². The Bertz CT molecular complexity index is 1660. The van der Waals surface area contributed by atoms with Crippen LogP contribution in [0.15, 0.2) is 97.1 Å². The Labute approximate surface area is 267 Å². The van der Waals surface area contributed by atoms with Crippen molar-refractivity contribution in [3.8, 4) is 67.8 Å². The summed E-state index contributed by atoms with van der Waals surface area (Å²) in [5.41, 5.74) is 8.88. The van der Waals surface area contributed by atoms with Crippen LogP contribution in [0, 0.1) is 0 Å². The van der Waals surface area contributed by atoms with Gasteiger partial charge in [0.2, 0.25) is 0 Å². The summed E-state index contributed by atoms with van der Waals surface area (Å²) >= 11 is 0. The number of benzene rings is 4. The van der Waals surface area contributed by atoms with Gasteiger partial charge in [-0.15, -0.1) is 0 Å². The van der Waals surface area contributed by atoms with E-state index in [1.54, 1.807) is 0 Å². The predicted octanol–water partition coefficient (Wildman–Crippen LogP) is 9.41. The van der Waals surface area contributed by atoms with Crippen molar-refractivity contribution >= 4 is 5.69 Å². The summed E-state index contributed by atoms with van der Waals surface area (Å²) in [6, 6.07) is 33.3. The first-order valence-electron chi connectivity index (χ1n) is 15.6. The number of aromatic nitrogens is 1. The molecule has 0 aliphatic carbocycles. The van der Waals surface area contributed by atoms with E-state index in [9.17, 15) is 0 Å². The molecular formula is C39H42N2O4. The summed E-state index contributed by atoms with van der Waals surface area (Å²) in [7, 11) is 4.13. The van der Waals surface area contributed by atoms with E-state index in [2.05, 4.69) is 73.6 Å². The maximum atomic E-state index is 6.15. The second kappa shape index (κ2) is 14.7. The number of hydrogen-bond acceptors (Lipinski definition) is 6. The number of anilines is 1. The van der Waals surface area contributed by atoms with Crippen molar-refractivity contribution in [1.82, 2.24) is 4.98 Å². The van der Waals surface area contributed by atoms with Gasteiger partial charge in [-0.25, -0.2) is 4.98 Å². The summed E-state index contributed by atoms with van der Waals surface area (Å²) in [4.78, 5) is 7.37. The minimum atomic E-state index is 0.519. The molecule has 0 saturated carbocycles. The fourth-order valence-corrected chi connectivity index (χ4v) is 5.37. The Morgan fingerprint density at radius 3 is 1.49 bits per heavy atom. The number of nitrogens with zero attached hydrogens (tertiary/aromatic N) is 2. The lowest BCUT2D eigenvalue weighted by Gasteiger charge is -2.20. The summed E-state index contributed by atoms with van der Waals surface area (Å²) < 4.78 is 23.9. The average Bonchev–Trinajstić information content (AvgIpc) is 3.05.